The van der Waals surface area contributed by atoms with Crippen molar-refractivity contribution in [1.29, 1.82) is 0 Å². The van der Waals surface area contributed by atoms with Gasteiger partial charge in [0.15, 0.2) is 23.5 Å². The summed E-state index contributed by atoms with van der Waals surface area (Å²) < 4.78 is 14.8. The normalized spacial score (nSPS) is 10.0. The number of carbonyl (C=O) groups excluding carboxylic acids is 1. The number of benzene rings is 1. The zero-order valence-electron chi connectivity index (χ0n) is 9.34. The van der Waals surface area contributed by atoms with Crippen LogP contribution in [0.2, 0.25) is 0 Å². The van der Waals surface area contributed by atoms with Crippen molar-refractivity contribution in [3.8, 4) is 22.8 Å². The molecule has 6 heteroatoms. The van der Waals surface area contributed by atoms with Gasteiger partial charge in [-0.3, -0.25) is 4.79 Å². The van der Waals surface area contributed by atoms with E-state index in [-0.39, 0.29) is 5.69 Å². The van der Waals surface area contributed by atoms with Crippen molar-refractivity contribution in [2.75, 3.05) is 14.2 Å². The number of carbonyl (C=O) groups is 1. The quantitative estimate of drug-likeness (QED) is 0.747. The van der Waals surface area contributed by atoms with E-state index >= 15 is 0 Å². The van der Waals surface area contributed by atoms with Crippen molar-refractivity contribution >= 4 is 6.29 Å². The molecule has 2 aromatic rings. The molecule has 1 heterocycles. The van der Waals surface area contributed by atoms with Crippen LogP contribution in [0.25, 0.3) is 11.3 Å². The molecule has 0 aliphatic heterocycles. The monoisotopic (exact) mass is 234 g/mol. The summed E-state index contributed by atoms with van der Waals surface area (Å²) in [5, 5.41) is 7.16. The van der Waals surface area contributed by atoms with E-state index in [2.05, 4.69) is 14.9 Å². The lowest BCUT2D eigenvalue weighted by molar-refractivity contribution is 0.111. The summed E-state index contributed by atoms with van der Waals surface area (Å²) in [5.74, 6) is 1.14. The molecule has 1 aromatic carbocycles. The average Bonchev–Trinajstić information content (AvgIpc) is 2.86. The molecule has 0 saturated heterocycles. The SMILES string of the molecule is COc1ccc(-c2nonc2C=O)cc1OC. The van der Waals surface area contributed by atoms with E-state index in [0.717, 1.165) is 0 Å². The van der Waals surface area contributed by atoms with E-state index in [9.17, 15) is 4.79 Å². The molecule has 0 aliphatic rings. The van der Waals surface area contributed by atoms with E-state index in [4.69, 9.17) is 9.47 Å². The maximum Gasteiger partial charge on any atom is 0.175 e. The highest BCUT2D eigenvalue weighted by molar-refractivity contribution is 5.83. The predicted molar refractivity (Wildman–Crippen MR) is 58.2 cm³/mol. The number of aromatic nitrogens is 2. The number of hydrogen-bond donors (Lipinski definition) is 0. The Morgan fingerprint density at radius 1 is 1.18 bits per heavy atom. The van der Waals surface area contributed by atoms with Crippen LogP contribution in [0.15, 0.2) is 22.8 Å². The van der Waals surface area contributed by atoms with Gasteiger partial charge in [0.05, 0.1) is 14.2 Å². The van der Waals surface area contributed by atoms with Gasteiger partial charge < -0.3 is 9.47 Å². The van der Waals surface area contributed by atoms with Gasteiger partial charge in [-0.2, -0.15) is 0 Å². The third-order valence-electron chi connectivity index (χ3n) is 2.28. The first-order chi connectivity index (χ1) is 8.30. The van der Waals surface area contributed by atoms with Gasteiger partial charge in [-0.05, 0) is 28.5 Å². The number of aldehydes is 1. The Balaban J connectivity index is 2.50. The molecule has 1 aromatic heterocycles. The van der Waals surface area contributed by atoms with E-state index in [1.807, 2.05) is 0 Å². The number of hydrogen-bond acceptors (Lipinski definition) is 6. The number of nitrogens with zero attached hydrogens (tertiary/aromatic N) is 2. The van der Waals surface area contributed by atoms with Crippen LogP contribution in [0.1, 0.15) is 10.5 Å². The Kier molecular flexibility index (Phi) is 3.04. The number of rotatable bonds is 4. The van der Waals surface area contributed by atoms with E-state index in [0.29, 0.717) is 29.0 Å². The van der Waals surface area contributed by atoms with Gasteiger partial charge in [-0.15, -0.1) is 0 Å². The smallest absolute Gasteiger partial charge is 0.175 e. The summed E-state index contributed by atoms with van der Waals surface area (Å²) in [6.07, 6.45) is 0.586. The molecule has 2 rings (SSSR count). The first-order valence-corrected chi connectivity index (χ1v) is 4.80. The van der Waals surface area contributed by atoms with Gasteiger partial charge in [0.25, 0.3) is 0 Å². The van der Waals surface area contributed by atoms with Gasteiger partial charge in [-0.25, -0.2) is 4.63 Å². The fraction of sp³-hybridized carbons (Fsp3) is 0.182. The predicted octanol–water partition coefficient (Wildman–Crippen LogP) is 1.57. The van der Waals surface area contributed by atoms with Crippen LogP contribution < -0.4 is 9.47 Å². The Labute approximate surface area is 97.1 Å². The molecule has 0 N–H and O–H groups in total. The van der Waals surface area contributed by atoms with E-state index in [1.54, 1.807) is 25.3 Å². The van der Waals surface area contributed by atoms with Gasteiger partial charge >= 0.3 is 0 Å². The molecule has 6 nitrogen and oxygen atoms in total. The third kappa shape index (κ3) is 1.96. The van der Waals surface area contributed by atoms with Crippen molar-refractivity contribution in [3.05, 3.63) is 23.9 Å². The highest BCUT2D eigenvalue weighted by Crippen LogP contribution is 2.32. The van der Waals surface area contributed by atoms with Crippen LogP contribution in [0.5, 0.6) is 11.5 Å². The largest absolute Gasteiger partial charge is 0.493 e. The first kappa shape index (κ1) is 11.1. The zero-order valence-corrected chi connectivity index (χ0v) is 9.34. The molecule has 0 unspecified atom stereocenters. The Hall–Kier alpha value is -2.37. The number of ether oxygens (including phenoxy) is 2. The summed E-state index contributed by atoms with van der Waals surface area (Å²) >= 11 is 0. The minimum Gasteiger partial charge on any atom is -0.493 e. The summed E-state index contributed by atoms with van der Waals surface area (Å²) in [4.78, 5) is 10.7. The lowest BCUT2D eigenvalue weighted by Gasteiger charge is -2.07. The van der Waals surface area contributed by atoms with Crippen molar-refractivity contribution in [1.82, 2.24) is 10.3 Å². The summed E-state index contributed by atoms with van der Waals surface area (Å²) in [5.41, 5.74) is 1.20. The number of methoxy groups -OCH3 is 2. The Morgan fingerprint density at radius 2 is 1.94 bits per heavy atom. The Bertz CT molecular complexity index is 536. The third-order valence-corrected chi connectivity index (χ3v) is 2.28. The van der Waals surface area contributed by atoms with Crippen molar-refractivity contribution < 1.29 is 18.9 Å². The molecule has 0 fully saturated rings. The van der Waals surface area contributed by atoms with Crippen molar-refractivity contribution in [2.45, 2.75) is 0 Å². The second-order valence-corrected chi connectivity index (χ2v) is 3.19. The molecular weight excluding hydrogens is 224 g/mol. The standard InChI is InChI=1S/C11H10N2O4/c1-15-9-4-3-7(5-10(9)16-2)11-8(6-14)12-17-13-11/h3-6H,1-2H3. The summed E-state index contributed by atoms with van der Waals surface area (Å²) in [6.45, 7) is 0. The first-order valence-electron chi connectivity index (χ1n) is 4.80. The maximum atomic E-state index is 10.7. The highest BCUT2D eigenvalue weighted by Gasteiger charge is 2.14. The summed E-state index contributed by atoms with van der Waals surface area (Å²) in [6, 6.07) is 5.16. The lowest BCUT2D eigenvalue weighted by Crippen LogP contribution is -1.92. The molecule has 0 bridgehead atoms. The molecule has 0 spiro atoms. The van der Waals surface area contributed by atoms with Crippen LogP contribution in [0.4, 0.5) is 0 Å². The van der Waals surface area contributed by atoms with Crippen molar-refractivity contribution in [3.63, 3.8) is 0 Å². The average molecular weight is 234 g/mol. The van der Waals surface area contributed by atoms with E-state index < -0.39 is 0 Å². The van der Waals surface area contributed by atoms with Gasteiger partial charge in [-0.1, -0.05) is 0 Å². The zero-order chi connectivity index (χ0) is 12.3. The highest BCUT2D eigenvalue weighted by atomic mass is 16.6. The van der Waals surface area contributed by atoms with Gasteiger partial charge in [0.1, 0.15) is 5.69 Å². The molecule has 0 atom stereocenters. The van der Waals surface area contributed by atoms with Crippen LogP contribution in [0.3, 0.4) is 0 Å². The van der Waals surface area contributed by atoms with Gasteiger partial charge in [0, 0.05) is 5.56 Å². The van der Waals surface area contributed by atoms with Gasteiger partial charge in [0.2, 0.25) is 0 Å². The minimum atomic E-state index is 0.150. The molecule has 0 saturated carbocycles. The summed E-state index contributed by atoms with van der Waals surface area (Å²) in [7, 11) is 3.08. The van der Waals surface area contributed by atoms with Crippen LogP contribution >= 0.6 is 0 Å². The van der Waals surface area contributed by atoms with Crippen LogP contribution in [-0.4, -0.2) is 30.8 Å². The topological polar surface area (TPSA) is 74.5 Å². The molecule has 88 valence electrons. The lowest BCUT2D eigenvalue weighted by atomic mass is 10.1. The Morgan fingerprint density at radius 3 is 2.59 bits per heavy atom. The molecule has 0 aliphatic carbocycles. The molecule has 17 heavy (non-hydrogen) atoms. The fourth-order valence-corrected chi connectivity index (χ4v) is 1.46. The molecule has 0 amide bonds. The maximum absolute atomic E-state index is 10.7. The van der Waals surface area contributed by atoms with Crippen molar-refractivity contribution in [2.24, 2.45) is 0 Å². The van der Waals surface area contributed by atoms with Crippen LogP contribution in [0, 0.1) is 0 Å². The fourth-order valence-electron chi connectivity index (χ4n) is 1.46. The second kappa shape index (κ2) is 4.65. The molecule has 0 radical (unpaired) electrons. The second-order valence-electron chi connectivity index (χ2n) is 3.19. The molecular formula is C11H10N2O4. The van der Waals surface area contributed by atoms with E-state index in [1.165, 1.54) is 7.11 Å². The minimum absolute atomic E-state index is 0.150. The van der Waals surface area contributed by atoms with Crippen LogP contribution in [-0.2, 0) is 0 Å².